The minimum atomic E-state index is 0.342. The van der Waals surface area contributed by atoms with Crippen LogP contribution in [0.3, 0.4) is 0 Å². The Morgan fingerprint density at radius 2 is 2.25 bits per heavy atom. The van der Waals surface area contributed by atoms with Crippen molar-refractivity contribution in [3.8, 4) is 0 Å². The van der Waals surface area contributed by atoms with Gasteiger partial charge in [0.25, 0.3) is 0 Å². The molecule has 1 fully saturated rings. The molecule has 1 N–H and O–H groups in total. The van der Waals surface area contributed by atoms with Crippen LogP contribution in [-0.2, 0) is 0 Å². The lowest BCUT2D eigenvalue weighted by Gasteiger charge is -2.08. The quantitative estimate of drug-likeness (QED) is 0.480. The van der Waals surface area contributed by atoms with Gasteiger partial charge in [-0.2, -0.15) is 0 Å². The maximum Gasteiger partial charge on any atom is 0.0460 e. The fourth-order valence-corrected chi connectivity index (χ4v) is 1.71. The van der Waals surface area contributed by atoms with E-state index in [-0.39, 0.29) is 0 Å². The van der Waals surface area contributed by atoms with Gasteiger partial charge in [-0.15, -0.1) is 11.6 Å². The van der Waals surface area contributed by atoms with Crippen LogP contribution in [-0.4, -0.2) is 18.5 Å². The van der Waals surface area contributed by atoms with E-state index in [1.807, 2.05) is 0 Å². The molecule has 0 aromatic rings. The molecule has 2 heteroatoms. The molecule has 1 aliphatic rings. The highest BCUT2D eigenvalue weighted by Crippen LogP contribution is 2.31. The highest BCUT2D eigenvalue weighted by atomic mass is 35.5. The summed E-state index contributed by atoms with van der Waals surface area (Å²) in [4.78, 5) is 0. The Labute approximate surface area is 80.9 Å². The van der Waals surface area contributed by atoms with Gasteiger partial charge in [-0.3, -0.25) is 0 Å². The smallest absolute Gasteiger partial charge is 0.0460 e. The lowest BCUT2D eigenvalue weighted by molar-refractivity contribution is 0.583. The van der Waals surface area contributed by atoms with Crippen molar-refractivity contribution in [2.24, 2.45) is 5.92 Å². The Hall–Kier alpha value is 0.250. The summed E-state index contributed by atoms with van der Waals surface area (Å²) < 4.78 is 0. The predicted molar refractivity (Wildman–Crippen MR) is 54.8 cm³/mol. The molecule has 1 aliphatic carbocycles. The van der Waals surface area contributed by atoms with Crippen molar-refractivity contribution in [3.63, 3.8) is 0 Å². The predicted octanol–water partition coefficient (Wildman–Crippen LogP) is 2.78. The van der Waals surface area contributed by atoms with Gasteiger partial charge < -0.3 is 5.32 Å². The lowest BCUT2D eigenvalue weighted by Crippen LogP contribution is -2.24. The first-order valence-electron chi connectivity index (χ1n) is 5.17. The average molecular weight is 190 g/mol. The largest absolute Gasteiger partial charge is 0.315 e. The Morgan fingerprint density at radius 3 is 2.83 bits per heavy atom. The van der Waals surface area contributed by atoms with E-state index < -0.39 is 0 Å². The normalized spacial score (nSPS) is 19.5. The second-order valence-corrected chi connectivity index (χ2v) is 4.44. The molecule has 0 aromatic carbocycles. The van der Waals surface area contributed by atoms with Gasteiger partial charge in [0.2, 0.25) is 0 Å². The third kappa shape index (κ3) is 5.00. The molecule has 0 heterocycles. The molecule has 1 unspecified atom stereocenters. The molecule has 0 aromatic heterocycles. The van der Waals surface area contributed by atoms with E-state index in [0.29, 0.717) is 5.38 Å². The summed E-state index contributed by atoms with van der Waals surface area (Å²) in [5.74, 6) is 1.04. The molecule has 0 aliphatic heterocycles. The fraction of sp³-hybridized carbons (Fsp3) is 1.00. The molecule has 1 atom stereocenters. The van der Waals surface area contributed by atoms with E-state index in [4.69, 9.17) is 11.6 Å². The first kappa shape index (κ1) is 10.3. The van der Waals surface area contributed by atoms with Gasteiger partial charge in [0.05, 0.1) is 0 Å². The van der Waals surface area contributed by atoms with Gasteiger partial charge in [0, 0.05) is 11.9 Å². The molecule has 1 nitrogen and oxygen atoms in total. The van der Waals surface area contributed by atoms with Crippen LogP contribution < -0.4 is 5.32 Å². The van der Waals surface area contributed by atoms with Crippen LogP contribution in [0.2, 0.25) is 0 Å². The third-order valence-electron chi connectivity index (χ3n) is 2.39. The van der Waals surface area contributed by atoms with Crippen molar-refractivity contribution in [1.82, 2.24) is 5.32 Å². The number of hydrogen-bond acceptors (Lipinski definition) is 1. The van der Waals surface area contributed by atoms with Crippen molar-refractivity contribution in [2.45, 2.75) is 44.4 Å². The number of hydrogen-bond donors (Lipinski definition) is 1. The molecule has 0 bridgehead atoms. The van der Waals surface area contributed by atoms with Crippen LogP contribution >= 0.6 is 11.6 Å². The van der Waals surface area contributed by atoms with E-state index in [1.165, 1.54) is 25.7 Å². The summed E-state index contributed by atoms with van der Waals surface area (Å²) in [6, 6.07) is 0. The van der Waals surface area contributed by atoms with Crippen LogP contribution in [0.1, 0.15) is 39.0 Å². The number of rotatable bonds is 7. The van der Waals surface area contributed by atoms with Gasteiger partial charge in [-0.1, -0.05) is 26.2 Å². The second-order valence-electron chi connectivity index (χ2n) is 3.82. The zero-order valence-corrected chi connectivity index (χ0v) is 8.74. The van der Waals surface area contributed by atoms with E-state index in [0.717, 1.165) is 25.4 Å². The average Bonchev–Trinajstić information content (AvgIpc) is 2.82. The zero-order valence-electron chi connectivity index (χ0n) is 7.98. The standard InChI is InChI=1S/C10H20ClN/c1-2-3-10(11)8-12-7-6-9-4-5-9/h9-10,12H,2-8H2,1H3. The molecule has 0 radical (unpaired) electrons. The summed E-state index contributed by atoms with van der Waals surface area (Å²) in [5, 5.41) is 3.75. The zero-order chi connectivity index (χ0) is 8.81. The highest BCUT2D eigenvalue weighted by molar-refractivity contribution is 6.20. The van der Waals surface area contributed by atoms with Crippen LogP contribution in [0, 0.1) is 5.92 Å². The molecular weight excluding hydrogens is 170 g/mol. The SMILES string of the molecule is CCCC(Cl)CNCCC1CC1. The summed E-state index contributed by atoms with van der Waals surface area (Å²) >= 11 is 6.05. The van der Waals surface area contributed by atoms with Gasteiger partial charge >= 0.3 is 0 Å². The van der Waals surface area contributed by atoms with Crippen LogP contribution in [0.15, 0.2) is 0 Å². The summed E-state index contributed by atoms with van der Waals surface area (Å²) in [7, 11) is 0. The van der Waals surface area contributed by atoms with Crippen molar-refractivity contribution in [2.75, 3.05) is 13.1 Å². The number of alkyl halides is 1. The van der Waals surface area contributed by atoms with Crippen molar-refractivity contribution >= 4 is 11.6 Å². The number of halogens is 1. The maximum absolute atomic E-state index is 6.05. The maximum atomic E-state index is 6.05. The molecule has 0 saturated heterocycles. The molecule has 1 saturated carbocycles. The molecule has 12 heavy (non-hydrogen) atoms. The Balaban J connectivity index is 1.80. The Bertz CT molecular complexity index is 112. The number of nitrogens with one attached hydrogen (secondary N) is 1. The molecule has 0 spiro atoms. The minimum Gasteiger partial charge on any atom is -0.315 e. The van der Waals surface area contributed by atoms with Gasteiger partial charge in [0.1, 0.15) is 0 Å². The summed E-state index contributed by atoms with van der Waals surface area (Å²) in [6.45, 7) is 4.33. The molecule has 1 rings (SSSR count). The molecule has 72 valence electrons. The van der Waals surface area contributed by atoms with E-state index >= 15 is 0 Å². The summed E-state index contributed by atoms with van der Waals surface area (Å²) in [5.41, 5.74) is 0. The van der Waals surface area contributed by atoms with Gasteiger partial charge in [0.15, 0.2) is 0 Å². The fourth-order valence-electron chi connectivity index (χ4n) is 1.39. The minimum absolute atomic E-state index is 0.342. The third-order valence-corrected chi connectivity index (χ3v) is 2.77. The van der Waals surface area contributed by atoms with E-state index in [9.17, 15) is 0 Å². The van der Waals surface area contributed by atoms with Gasteiger partial charge in [-0.25, -0.2) is 0 Å². The van der Waals surface area contributed by atoms with E-state index in [2.05, 4.69) is 12.2 Å². The van der Waals surface area contributed by atoms with Crippen LogP contribution in [0.5, 0.6) is 0 Å². The van der Waals surface area contributed by atoms with Crippen LogP contribution in [0.25, 0.3) is 0 Å². The van der Waals surface area contributed by atoms with E-state index in [1.54, 1.807) is 0 Å². The Kier molecular flexibility index (Phi) is 5.01. The monoisotopic (exact) mass is 189 g/mol. The topological polar surface area (TPSA) is 12.0 Å². The van der Waals surface area contributed by atoms with Gasteiger partial charge in [-0.05, 0) is 25.3 Å². The summed E-state index contributed by atoms with van der Waals surface area (Å²) in [6.07, 6.45) is 6.61. The molecular formula is C10H20ClN. The van der Waals surface area contributed by atoms with Crippen molar-refractivity contribution in [1.29, 1.82) is 0 Å². The first-order valence-corrected chi connectivity index (χ1v) is 5.61. The second kappa shape index (κ2) is 5.82. The first-order chi connectivity index (χ1) is 5.83. The molecule has 0 amide bonds. The Morgan fingerprint density at radius 1 is 1.50 bits per heavy atom. The van der Waals surface area contributed by atoms with Crippen molar-refractivity contribution < 1.29 is 0 Å². The highest BCUT2D eigenvalue weighted by Gasteiger charge is 2.19. The van der Waals surface area contributed by atoms with Crippen molar-refractivity contribution in [3.05, 3.63) is 0 Å². The lowest BCUT2D eigenvalue weighted by atomic mass is 10.2. The van der Waals surface area contributed by atoms with Crippen LogP contribution in [0.4, 0.5) is 0 Å².